The van der Waals surface area contributed by atoms with Crippen LogP contribution in [0.4, 0.5) is 11.4 Å². The van der Waals surface area contributed by atoms with Gasteiger partial charge in [0, 0.05) is 40.1 Å². The SMILES string of the molecule is C/C=C(\C=C/CCC)N(C)C=Nc1c(C=O)n(C)c2nccc(N(C)C)c12. The number of rotatable bonds is 8. The molecule has 0 saturated carbocycles. The number of aromatic nitrogens is 2. The van der Waals surface area contributed by atoms with Crippen molar-refractivity contribution in [2.24, 2.45) is 12.0 Å². The van der Waals surface area contributed by atoms with Crippen LogP contribution in [0, 0.1) is 0 Å². The molecular formula is C21H29N5O. The van der Waals surface area contributed by atoms with E-state index in [0.29, 0.717) is 11.4 Å². The molecule has 0 amide bonds. The number of hydrogen-bond acceptors (Lipinski definition) is 4. The highest BCUT2D eigenvalue weighted by Crippen LogP contribution is 2.37. The third kappa shape index (κ3) is 4.27. The third-order valence-corrected chi connectivity index (χ3v) is 4.47. The van der Waals surface area contributed by atoms with Crippen LogP contribution in [-0.2, 0) is 7.05 Å². The minimum Gasteiger partial charge on any atom is -0.377 e. The topological polar surface area (TPSA) is 53.7 Å². The van der Waals surface area contributed by atoms with E-state index in [2.05, 4.69) is 29.1 Å². The first-order valence-electron chi connectivity index (χ1n) is 9.15. The summed E-state index contributed by atoms with van der Waals surface area (Å²) in [4.78, 5) is 24.8. The van der Waals surface area contributed by atoms with Gasteiger partial charge in [0.1, 0.15) is 17.0 Å². The van der Waals surface area contributed by atoms with Gasteiger partial charge in [-0.25, -0.2) is 9.98 Å². The van der Waals surface area contributed by atoms with Crippen LogP contribution in [0.5, 0.6) is 0 Å². The van der Waals surface area contributed by atoms with Gasteiger partial charge in [-0.2, -0.15) is 0 Å². The lowest BCUT2D eigenvalue weighted by Crippen LogP contribution is -2.13. The maximum absolute atomic E-state index is 11.7. The number of nitrogens with zero attached hydrogens (tertiary/aromatic N) is 5. The highest BCUT2D eigenvalue weighted by atomic mass is 16.1. The Morgan fingerprint density at radius 2 is 2.07 bits per heavy atom. The van der Waals surface area contributed by atoms with Gasteiger partial charge in [-0.05, 0) is 25.5 Å². The predicted octanol–water partition coefficient (Wildman–Crippen LogP) is 4.30. The predicted molar refractivity (Wildman–Crippen MR) is 114 cm³/mol. The van der Waals surface area contributed by atoms with Crippen molar-refractivity contribution in [3.63, 3.8) is 0 Å². The molecule has 2 aromatic rings. The summed E-state index contributed by atoms with van der Waals surface area (Å²) in [5.41, 5.74) is 3.92. The van der Waals surface area contributed by atoms with Gasteiger partial charge in [-0.3, -0.25) is 4.79 Å². The number of likely N-dealkylation sites (N-methyl/N-ethyl adjacent to an activating group) is 1. The summed E-state index contributed by atoms with van der Waals surface area (Å²) < 4.78 is 1.79. The molecule has 0 radical (unpaired) electrons. The molecule has 6 nitrogen and oxygen atoms in total. The van der Waals surface area contributed by atoms with Gasteiger partial charge in [0.2, 0.25) is 0 Å². The molecule has 2 rings (SSSR count). The van der Waals surface area contributed by atoms with Crippen LogP contribution in [-0.4, -0.2) is 48.2 Å². The smallest absolute Gasteiger partial charge is 0.168 e. The molecule has 0 N–H and O–H groups in total. The molecule has 0 fully saturated rings. The summed E-state index contributed by atoms with van der Waals surface area (Å²) in [6, 6.07) is 1.94. The second-order valence-corrected chi connectivity index (χ2v) is 6.59. The first kappa shape index (κ1) is 20.4. The number of aliphatic imine (C=N–C) groups is 1. The monoisotopic (exact) mass is 367 g/mol. The molecular weight excluding hydrogens is 338 g/mol. The van der Waals surface area contributed by atoms with E-state index in [-0.39, 0.29) is 0 Å². The summed E-state index contributed by atoms with van der Waals surface area (Å²) in [5.74, 6) is 0. The molecule has 0 bridgehead atoms. The lowest BCUT2D eigenvalue weighted by Gasteiger charge is -2.15. The van der Waals surface area contributed by atoms with Crippen molar-refractivity contribution in [1.29, 1.82) is 0 Å². The van der Waals surface area contributed by atoms with Gasteiger partial charge >= 0.3 is 0 Å². The van der Waals surface area contributed by atoms with Gasteiger partial charge in [0.15, 0.2) is 6.29 Å². The van der Waals surface area contributed by atoms with Gasteiger partial charge in [-0.1, -0.05) is 25.5 Å². The van der Waals surface area contributed by atoms with Crippen LogP contribution in [0.2, 0.25) is 0 Å². The molecule has 144 valence electrons. The van der Waals surface area contributed by atoms with E-state index in [1.807, 2.05) is 57.1 Å². The highest BCUT2D eigenvalue weighted by Gasteiger charge is 2.19. The van der Waals surface area contributed by atoms with Crippen LogP contribution in [0.25, 0.3) is 11.0 Å². The number of unbranched alkanes of at least 4 members (excludes halogenated alkanes) is 1. The lowest BCUT2D eigenvalue weighted by atomic mass is 10.2. The van der Waals surface area contributed by atoms with Crippen LogP contribution >= 0.6 is 0 Å². The van der Waals surface area contributed by atoms with Gasteiger partial charge < -0.3 is 14.4 Å². The average molecular weight is 367 g/mol. The fourth-order valence-corrected chi connectivity index (χ4v) is 2.96. The Morgan fingerprint density at radius 1 is 1.33 bits per heavy atom. The van der Waals surface area contributed by atoms with Crippen LogP contribution in [0.15, 0.2) is 41.2 Å². The van der Waals surface area contributed by atoms with E-state index in [1.54, 1.807) is 17.1 Å². The van der Waals surface area contributed by atoms with E-state index in [4.69, 9.17) is 0 Å². The first-order valence-corrected chi connectivity index (χ1v) is 9.15. The van der Waals surface area contributed by atoms with Crippen molar-refractivity contribution in [1.82, 2.24) is 14.5 Å². The molecule has 0 aliphatic heterocycles. The zero-order chi connectivity index (χ0) is 20.0. The lowest BCUT2D eigenvalue weighted by molar-refractivity contribution is 0.111. The van der Waals surface area contributed by atoms with Crippen LogP contribution in [0.3, 0.4) is 0 Å². The molecule has 0 unspecified atom stereocenters. The Labute approximate surface area is 161 Å². The molecule has 2 heterocycles. The summed E-state index contributed by atoms with van der Waals surface area (Å²) in [7, 11) is 7.73. The fraction of sp³-hybridized carbons (Fsp3) is 0.381. The van der Waals surface area contributed by atoms with Gasteiger partial charge in [0.05, 0.1) is 17.4 Å². The number of aryl methyl sites for hydroxylation is 1. The van der Waals surface area contributed by atoms with Crippen LogP contribution < -0.4 is 4.90 Å². The van der Waals surface area contributed by atoms with E-state index in [0.717, 1.165) is 41.5 Å². The van der Waals surface area contributed by atoms with Crippen molar-refractivity contribution < 1.29 is 4.79 Å². The fourth-order valence-electron chi connectivity index (χ4n) is 2.96. The standard InChI is InChI=1S/C21H29N5O/c1-7-9-10-11-16(8-2)25(5)15-23-20-18(14-27)26(6)21-19(20)17(24(3)4)12-13-22-21/h8,10-15H,7,9H2,1-6H3/b11-10-,16-8+,23-15?. The Morgan fingerprint density at radius 3 is 2.67 bits per heavy atom. The van der Waals surface area contributed by atoms with Crippen molar-refractivity contribution >= 4 is 35.0 Å². The minimum absolute atomic E-state index is 0.514. The quantitative estimate of drug-likeness (QED) is 0.302. The Kier molecular flexibility index (Phi) is 6.93. The van der Waals surface area contributed by atoms with Crippen LogP contribution in [0.1, 0.15) is 37.2 Å². The van der Waals surface area contributed by atoms with Crippen molar-refractivity contribution in [2.75, 3.05) is 26.0 Å². The highest BCUT2D eigenvalue weighted by molar-refractivity contribution is 6.07. The van der Waals surface area contributed by atoms with Crippen molar-refractivity contribution in [3.8, 4) is 0 Å². The van der Waals surface area contributed by atoms with E-state index < -0.39 is 0 Å². The number of carbonyl (C=O) groups is 1. The summed E-state index contributed by atoms with van der Waals surface area (Å²) in [6.07, 6.45) is 12.8. The number of carbonyl (C=O) groups excluding carboxylic acids is 1. The number of fused-ring (bicyclic) bond motifs is 1. The number of anilines is 1. The van der Waals surface area contributed by atoms with E-state index in [9.17, 15) is 4.79 Å². The maximum Gasteiger partial charge on any atom is 0.168 e. The summed E-state index contributed by atoms with van der Waals surface area (Å²) in [5, 5.41) is 0.875. The zero-order valence-electron chi connectivity index (χ0n) is 17.1. The second kappa shape index (κ2) is 9.16. The third-order valence-electron chi connectivity index (χ3n) is 4.47. The molecule has 0 aromatic carbocycles. The largest absolute Gasteiger partial charge is 0.377 e. The first-order chi connectivity index (χ1) is 13.0. The van der Waals surface area contributed by atoms with Crippen molar-refractivity contribution in [2.45, 2.75) is 26.7 Å². The number of aldehydes is 1. The van der Waals surface area contributed by atoms with E-state index in [1.165, 1.54) is 0 Å². The zero-order valence-corrected chi connectivity index (χ0v) is 17.1. The number of pyridine rings is 1. The van der Waals surface area contributed by atoms with Gasteiger partial charge in [-0.15, -0.1) is 0 Å². The minimum atomic E-state index is 0.514. The summed E-state index contributed by atoms with van der Waals surface area (Å²) in [6.45, 7) is 4.15. The van der Waals surface area contributed by atoms with E-state index >= 15 is 0 Å². The maximum atomic E-state index is 11.7. The Balaban J connectivity index is 2.51. The number of allylic oxidation sites excluding steroid dienone is 3. The number of hydrogen-bond donors (Lipinski definition) is 0. The molecule has 0 aliphatic carbocycles. The van der Waals surface area contributed by atoms with Gasteiger partial charge in [0.25, 0.3) is 0 Å². The molecule has 0 spiro atoms. The second-order valence-electron chi connectivity index (χ2n) is 6.59. The molecule has 0 saturated heterocycles. The Bertz CT molecular complexity index is 890. The molecule has 27 heavy (non-hydrogen) atoms. The molecule has 6 heteroatoms. The van der Waals surface area contributed by atoms with Crippen molar-refractivity contribution in [3.05, 3.63) is 41.9 Å². The average Bonchev–Trinajstić information content (AvgIpc) is 2.94. The normalized spacial score (nSPS) is 12.4. The molecule has 2 aromatic heterocycles. The Hall–Kier alpha value is -2.89. The summed E-state index contributed by atoms with van der Waals surface area (Å²) >= 11 is 0. The molecule has 0 aliphatic rings. The molecule has 0 atom stereocenters.